The van der Waals surface area contributed by atoms with Gasteiger partial charge >= 0.3 is 0 Å². The van der Waals surface area contributed by atoms with Crippen LogP contribution in [0.4, 0.5) is 0 Å². The van der Waals surface area contributed by atoms with Crippen molar-refractivity contribution in [2.24, 2.45) is 5.41 Å². The summed E-state index contributed by atoms with van der Waals surface area (Å²) in [4.78, 5) is 11.8. The molecule has 0 heterocycles. The fourth-order valence-electron chi connectivity index (χ4n) is 1.92. The summed E-state index contributed by atoms with van der Waals surface area (Å²) in [6.45, 7) is 5.96. The Morgan fingerprint density at radius 1 is 1.43 bits per heavy atom. The van der Waals surface area contributed by atoms with E-state index in [0.29, 0.717) is 0 Å². The SMILES string of the molecule is CC=CC(=O)C(C)(C)C1=CCCCC1. The van der Waals surface area contributed by atoms with Crippen molar-refractivity contribution >= 4 is 5.78 Å². The van der Waals surface area contributed by atoms with Crippen LogP contribution in [0, 0.1) is 5.41 Å². The minimum Gasteiger partial charge on any atom is -0.294 e. The van der Waals surface area contributed by atoms with E-state index >= 15 is 0 Å². The van der Waals surface area contributed by atoms with Crippen LogP contribution in [0.25, 0.3) is 0 Å². The lowest BCUT2D eigenvalue weighted by Crippen LogP contribution is -2.25. The molecule has 78 valence electrons. The quantitative estimate of drug-likeness (QED) is 0.492. The number of allylic oxidation sites excluding steroid dienone is 4. The molecule has 0 bridgehead atoms. The van der Waals surface area contributed by atoms with Gasteiger partial charge in [-0.2, -0.15) is 0 Å². The molecule has 0 N–H and O–H groups in total. The van der Waals surface area contributed by atoms with Crippen molar-refractivity contribution in [3.8, 4) is 0 Å². The van der Waals surface area contributed by atoms with Gasteiger partial charge in [-0.25, -0.2) is 0 Å². The number of ketones is 1. The van der Waals surface area contributed by atoms with Crippen LogP contribution in [0.5, 0.6) is 0 Å². The van der Waals surface area contributed by atoms with Gasteiger partial charge in [-0.3, -0.25) is 4.79 Å². The maximum Gasteiger partial charge on any atom is 0.164 e. The Labute approximate surface area is 86.9 Å². The van der Waals surface area contributed by atoms with Crippen molar-refractivity contribution in [3.63, 3.8) is 0 Å². The molecule has 1 heteroatoms. The van der Waals surface area contributed by atoms with Crippen LogP contribution in [0.1, 0.15) is 46.5 Å². The van der Waals surface area contributed by atoms with Gasteiger partial charge in [-0.15, -0.1) is 0 Å². The van der Waals surface area contributed by atoms with E-state index in [0.717, 1.165) is 12.8 Å². The van der Waals surface area contributed by atoms with Crippen LogP contribution < -0.4 is 0 Å². The van der Waals surface area contributed by atoms with E-state index in [1.165, 1.54) is 18.4 Å². The Balaban J connectivity index is 2.82. The smallest absolute Gasteiger partial charge is 0.164 e. The zero-order chi connectivity index (χ0) is 10.6. The van der Waals surface area contributed by atoms with Gasteiger partial charge in [0.15, 0.2) is 5.78 Å². The van der Waals surface area contributed by atoms with Crippen molar-refractivity contribution in [2.45, 2.75) is 46.5 Å². The summed E-state index contributed by atoms with van der Waals surface area (Å²) in [7, 11) is 0. The van der Waals surface area contributed by atoms with Crippen LogP contribution in [0.3, 0.4) is 0 Å². The second kappa shape index (κ2) is 4.59. The van der Waals surface area contributed by atoms with Crippen LogP contribution in [0.2, 0.25) is 0 Å². The van der Waals surface area contributed by atoms with Gasteiger partial charge < -0.3 is 0 Å². The highest BCUT2D eigenvalue weighted by Gasteiger charge is 2.29. The van der Waals surface area contributed by atoms with Crippen LogP contribution >= 0.6 is 0 Å². The summed E-state index contributed by atoms with van der Waals surface area (Å²) in [5.41, 5.74) is 1.04. The van der Waals surface area contributed by atoms with Gasteiger partial charge in [0.2, 0.25) is 0 Å². The average Bonchev–Trinajstić information content (AvgIpc) is 2.19. The molecule has 1 aliphatic carbocycles. The number of carbonyl (C=O) groups excluding carboxylic acids is 1. The van der Waals surface area contributed by atoms with E-state index in [2.05, 4.69) is 6.08 Å². The normalized spacial score (nSPS) is 18.4. The van der Waals surface area contributed by atoms with Gasteiger partial charge in [-0.05, 0) is 52.5 Å². The summed E-state index contributed by atoms with van der Waals surface area (Å²) in [5.74, 6) is 0.230. The first-order valence-corrected chi connectivity index (χ1v) is 5.45. The third-order valence-electron chi connectivity index (χ3n) is 3.03. The number of hydrogen-bond donors (Lipinski definition) is 0. The molecule has 0 aromatic heterocycles. The van der Waals surface area contributed by atoms with E-state index in [-0.39, 0.29) is 11.2 Å². The number of carbonyl (C=O) groups is 1. The minimum absolute atomic E-state index is 0.230. The van der Waals surface area contributed by atoms with Crippen molar-refractivity contribution in [1.82, 2.24) is 0 Å². The van der Waals surface area contributed by atoms with Crippen molar-refractivity contribution in [3.05, 3.63) is 23.8 Å². The molecule has 0 unspecified atom stereocenters. The molecule has 0 aromatic carbocycles. The Kier molecular flexibility index (Phi) is 3.68. The van der Waals surface area contributed by atoms with Gasteiger partial charge in [0.25, 0.3) is 0 Å². The second-order valence-electron chi connectivity index (χ2n) is 4.46. The standard InChI is InChI=1S/C13H20O/c1-4-8-12(14)13(2,3)11-9-6-5-7-10-11/h4,8-9H,5-7,10H2,1-3H3. The van der Waals surface area contributed by atoms with Gasteiger partial charge in [0.1, 0.15) is 0 Å². The first-order chi connectivity index (χ1) is 6.59. The third kappa shape index (κ3) is 2.34. The monoisotopic (exact) mass is 192 g/mol. The molecule has 1 aliphatic rings. The molecule has 0 amide bonds. The Morgan fingerprint density at radius 3 is 2.64 bits per heavy atom. The zero-order valence-electron chi connectivity index (χ0n) is 9.47. The topological polar surface area (TPSA) is 17.1 Å². The highest BCUT2D eigenvalue weighted by Crippen LogP contribution is 2.34. The lowest BCUT2D eigenvalue weighted by molar-refractivity contribution is -0.120. The van der Waals surface area contributed by atoms with Gasteiger partial charge in [0, 0.05) is 5.41 Å². The van der Waals surface area contributed by atoms with Crippen molar-refractivity contribution in [2.75, 3.05) is 0 Å². The van der Waals surface area contributed by atoms with Crippen LogP contribution in [0.15, 0.2) is 23.8 Å². The van der Waals surface area contributed by atoms with E-state index in [1.54, 1.807) is 6.08 Å². The molecule has 0 fully saturated rings. The molecule has 0 aromatic rings. The maximum atomic E-state index is 11.8. The summed E-state index contributed by atoms with van der Waals surface area (Å²) < 4.78 is 0. The molecular weight excluding hydrogens is 172 g/mol. The van der Waals surface area contributed by atoms with Crippen molar-refractivity contribution < 1.29 is 4.79 Å². The Bertz CT molecular complexity index is 269. The summed E-state index contributed by atoms with van der Waals surface area (Å²) in [6.07, 6.45) is 10.5. The highest BCUT2D eigenvalue weighted by atomic mass is 16.1. The highest BCUT2D eigenvalue weighted by molar-refractivity contribution is 5.96. The maximum absolute atomic E-state index is 11.8. The van der Waals surface area contributed by atoms with E-state index in [9.17, 15) is 4.79 Å². The van der Waals surface area contributed by atoms with E-state index in [4.69, 9.17) is 0 Å². The van der Waals surface area contributed by atoms with Crippen molar-refractivity contribution in [1.29, 1.82) is 0 Å². The molecule has 0 saturated heterocycles. The molecule has 14 heavy (non-hydrogen) atoms. The van der Waals surface area contributed by atoms with Crippen LogP contribution in [-0.2, 0) is 4.79 Å². The summed E-state index contributed by atoms with van der Waals surface area (Å²) in [6, 6.07) is 0. The zero-order valence-corrected chi connectivity index (χ0v) is 9.47. The number of rotatable bonds is 3. The Hall–Kier alpha value is -0.850. The fourth-order valence-corrected chi connectivity index (χ4v) is 1.92. The molecule has 0 saturated carbocycles. The first-order valence-electron chi connectivity index (χ1n) is 5.45. The van der Waals surface area contributed by atoms with E-state index < -0.39 is 0 Å². The molecular formula is C13H20O. The molecule has 0 radical (unpaired) electrons. The predicted octanol–water partition coefficient (Wildman–Crippen LogP) is 3.66. The van der Waals surface area contributed by atoms with E-state index in [1.807, 2.05) is 26.8 Å². The fraction of sp³-hybridized carbons (Fsp3) is 0.615. The number of hydrogen-bond acceptors (Lipinski definition) is 1. The molecule has 1 rings (SSSR count). The lowest BCUT2D eigenvalue weighted by atomic mass is 9.75. The molecule has 1 nitrogen and oxygen atoms in total. The lowest BCUT2D eigenvalue weighted by Gasteiger charge is -2.27. The second-order valence-corrected chi connectivity index (χ2v) is 4.46. The summed E-state index contributed by atoms with van der Waals surface area (Å²) in [5, 5.41) is 0. The molecule has 0 atom stereocenters. The average molecular weight is 192 g/mol. The minimum atomic E-state index is -0.285. The van der Waals surface area contributed by atoms with Gasteiger partial charge in [0.05, 0.1) is 0 Å². The summed E-state index contributed by atoms with van der Waals surface area (Å²) >= 11 is 0. The largest absolute Gasteiger partial charge is 0.294 e. The Morgan fingerprint density at radius 2 is 2.14 bits per heavy atom. The molecule has 0 spiro atoms. The van der Waals surface area contributed by atoms with Gasteiger partial charge in [-0.1, -0.05) is 17.7 Å². The molecule has 0 aliphatic heterocycles. The van der Waals surface area contributed by atoms with Crippen LogP contribution in [-0.4, -0.2) is 5.78 Å². The third-order valence-corrected chi connectivity index (χ3v) is 3.03. The first kappa shape index (κ1) is 11.2. The predicted molar refractivity (Wildman–Crippen MR) is 60.2 cm³/mol.